The van der Waals surface area contributed by atoms with E-state index >= 15 is 0 Å². The zero-order valence-corrected chi connectivity index (χ0v) is 16.5. The summed E-state index contributed by atoms with van der Waals surface area (Å²) >= 11 is 6.07. The van der Waals surface area contributed by atoms with Gasteiger partial charge < -0.3 is 15.0 Å². The lowest BCUT2D eigenvalue weighted by atomic mass is 9.98. The molecule has 2 aliphatic rings. The molecule has 6 nitrogen and oxygen atoms in total. The predicted molar refractivity (Wildman–Crippen MR) is 111 cm³/mol. The van der Waals surface area contributed by atoms with Gasteiger partial charge in [0.05, 0.1) is 12.6 Å². The van der Waals surface area contributed by atoms with Gasteiger partial charge in [-0.3, -0.25) is 4.99 Å². The first-order chi connectivity index (χ1) is 13.5. The second-order valence-corrected chi connectivity index (χ2v) is 7.29. The van der Waals surface area contributed by atoms with Crippen LogP contribution in [0.3, 0.4) is 0 Å². The number of hydrogen-bond donors (Lipinski definition) is 1. The molecule has 2 atom stereocenters. The van der Waals surface area contributed by atoms with Crippen LogP contribution >= 0.6 is 11.6 Å². The summed E-state index contributed by atoms with van der Waals surface area (Å²) in [6.45, 7) is 5.06. The van der Waals surface area contributed by atoms with Crippen LogP contribution in [0, 0.1) is 6.92 Å². The number of anilines is 1. The molecule has 0 saturated heterocycles. The molecule has 2 heterocycles. The number of halogens is 1. The Morgan fingerprint density at radius 2 is 1.93 bits per heavy atom. The van der Waals surface area contributed by atoms with Crippen molar-refractivity contribution in [3.8, 4) is 0 Å². The van der Waals surface area contributed by atoms with Gasteiger partial charge >= 0.3 is 5.97 Å². The van der Waals surface area contributed by atoms with Crippen LogP contribution in [-0.4, -0.2) is 41.9 Å². The van der Waals surface area contributed by atoms with Crippen molar-refractivity contribution in [2.24, 2.45) is 9.98 Å². The van der Waals surface area contributed by atoms with Crippen LogP contribution in [0.1, 0.15) is 24.1 Å². The number of ether oxygens (including phenoxy) is 1. The number of cyclic esters (lactones) is 1. The zero-order valence-electron chi connectivity index (χ0n) is 15.7. The Kier molecular flexibility index (Phi) is 5.05. The first-order valence-corrected chi connectivity index (χ1v) is 9.56. The maximum atomic E-state index is 12.5. The van der Waals surface area contributed by atoms with E-state index in [2.05, 4.69) is 20.2 Å². The molecule has 0 saturated carbocycles. The van der Waals surface area contributed by atoms with Gasteiger partial charge in [0.2, 0.25) is 0 Å². The molecule has 2 aromatic carbocycles. The Balaban J connectivity index is 1.69. The van der Waals surface area contributed by atoms with Crippen molar-refractivity contribution in [2.75, 3.05) is 18.4 Å². The molecule has 0 aliphatic carbocycles. The lowest BCUT2D eigenvalue weighted by molar-refractivity contribution is -0.136. The van der Waals surface area contributed by atoms with Crippen LogP contribution in [0.2, 0.25) is 5.02 Å². The molecule has 0 unspecified atom stereocenters. The van der Waals surface area contributed by atoms with Gasteiger partial charge in [0, 0.05) is 24.2 Å². The molecule has 0 spiro atoms. The molecule has 7 heteroatoms. The highest BCUT2D eigenvalue weighted by molar-refractivity contribution is 6.30. The molecule has 0 aromatic heterocycles. The first-order valence-electron chi connectivity index (χ1n) is 9.18. The SMILES string of the molecule is CC1=N[C@H]([C@H](c2ccc(Cl)cc2)N2CCN=C2Nc2ccccc2C)C(=O)O1. The van der Waals surface area contributed by atoms with E-state index in [9.17, 15) is 4.79 Å². The van der Waals surface area contributed by atoms with E-state index in [1.54, 1.807) is 6.92 Å². The number of guanidine groups is 1. The van der Waals surface area contributed by atoms with E-state index in [-0.39, 0.29) is 12.0 Å². The van der Waals surface area contributed by atoms with E-state index in [1.165, 1.54) is 0 Å². The molecule has 1 N–H and O–H groups in total. The van der Waals surface area contributed by atoms with E-state index in [4.69, 9.17) is 16.3 Å². The Labute approximate surface area is 168 Å². The second-order valence-electron chi connectivity index (χ2n) is 6.85. The molecule has 144 valence electrons. The van der Waals surface area contributed by atoms with Gasteiger partial charge in [-0.05, 0) is 36.2 Å². The van der Waals surface area contributed by atoms with Crippen LogP contribution in [-0.2, 0) is 9.53 Å². The number of hydrogen-bond acceptors (Lipinski definition) is 6. The average Bonchev–Trinajstić information content (AvgIpc) is 3.25. The van der Waals surface area contributed by atoms with E-state index in [1.807, 2.05) is 55.5 Å². The Bertz CT molecular complexity index is 955. The van der Waals surface area contributed by atoms with Crippen LogP contribution in [0.25, 0.3) is 0 Å². The van der Waals surface area contributed by atoms with E-state index in [0.717, 1.165) is 22.8 Å². The highest BCUT2D eigenvalue weighted by atomic mass is 35.5. The second kappa shape index (κ2) is 7.64. The van der Waals surface area contributed by atoms with E-state index < -0.39 is 6.04 Å². The van der Waals surface area contributed by atoms with Gasteiger partial charge in [0.1, 0.15) is 0 Å². The van der Waals surface area contributed by atoms with Gasteiger partial charge in [-0.2, -0.15) is 0 Å². The maximum Gasteiger partial charge on any atom is 0.339 e. The summed E-state index contributed by atoms with van der Waals surface area (Å²) in [5.74, 6) is 0.764. The summed E-state index contributed by atoms with van der Waals surface area (Å²) in [4.78, 5) is 23.7. The standard InChI is InChI=1S/C21H21ClN4O2/c1-13-5-3-4-6-17(13)25-21-23-11-12-26(21)19(15-7-9-16(22)10-8-15)18-20(27)28-14(2)24-18/h3-10,18-19H,11-12H2,1-2H3,(H,23,25)/t18-,19+/m1/s1. The summed E-state index contributed by atoms with van der Waals surface area (Å²) in [5, 5.41) is 4.06. The third-order valence-electron chi connectivity index (χ3n) is 4.92. The predicted octanol–water partition coefficient (Wildman–Crippen LogP) is 3.82. The minimum Gasteiger partial charge on any atom is -0.411 e. The number of para-hydroxylation sites is 1. The zero-order chi connectivity index (χ0) is 19.7. The molecule has 2 aliphatic heterocycles. The maximum absolute atomic E-state index is 12.5. The van der Waals surface area contributed by atoms with Crippen molar-refractivity contribution < 1.29 is 9.53 Å². The molecule has 28 heavy (non-hydrogen) atoms. The summed E-state index contributed by atoms with van der Waals surface area (Å²) in [7, 11) is 0. The monoisotopic (exact) mass is 396 g/mol. The van der Waals surface area contributed by atoms with Crippen molar-refractivity contribution in [1.82, 2.24) is 4.90 Å². The Morgan fingerprint density at radius 3 is 2.61 bits per heavy atom. The van der Waals surface area contributed by atoms with E-state index in [0.29, 0.717) is 24.0 Å². The number of esters is 1. The van der Waals surface area contributed by atoms with Crippen molar-refractivity contribution in [2.45, 2.75) is 25.9 Å². The molecule has 0 bridgehead atoms. The van der Waals surface area contributed by atoms with Crippen molar-refractivity contribution >= 4 is 35.1 Å². The van der Waals surface area contributed by atoms with Crippen LogP contribution in [0.4, 0.5) is 5.69 Å². The fraction of sp³-hybridized carbons (Fsp3) is 0.286. The van der Waals surface area contributed by atoms with Crippen molar-refractivity contribution in [3.05, 3.63) is 64.7 Å². The summed E-state index contributed by atoms with van der Waals surface area (Å²) in [5.41, 5.74) is 3.04. The van der Waals surface area contributed by atoms with Crippen molar-refractivity contribution in [1.29, 1.82) is 0 Å². The topological polar surface area (TPSA) is 66.3 Å². The normalized spacial score (nSPS) is 19.9. The molecular weight excluding hydrogens is 376 g/mol. The first kappa shape index (κ1) is 18.5. The number of carbonyl (C=O) groups excluding carboxylic acids is 1. The summed E-state index contributed by atoms with van der Waals surface area (Å²) in [6.07, 6.45) is 0. The fourth-order valence-electron chi connectivity index (χ4n) is 3.55. The largest absolute Gasteiger partial charge is 0.411 e. The lowest BCUT2D eigenvalue weighted by Gasteiger charge is -2.32. The average molecular weight is 397 g/mol. The van der Waals surface area contributed by atoms with Gasteiger partial charge in [0.15, 0.2) is 17.9 Å². The number of aryl methyl sites for hydroxylation is 1. The van der Waals surface area contributed by atoms with Gasteiger partial charge in [0.25, 0.3) is 0 Å². The molecule has 2 aromatic rings. The van der Waals surface area contributed by atoms with Gasteiger partial charge in [-0.15, -0.1) is 0 Å². The summed E-state index contributed by atoms with van der Waals surface area (Å²) in [6, 6.07) is 14.5. The fourth-order valence-corrected chi connectivity index (χ4v) is 3.68. The Morgan fingerprint density at radius 1 is 1.18 bits per heavy atom. The van der Waals surface area contributed by atoms with Gasteiger partial charge in [-0.25, -0.2) is 9.79 Å². The number of aliphatic imine (C=N–C) groups is 2. The van der Waals surface area contributed by atoms with Crippen LogP contribution < -0.4 is 5.32 Å². The number of rotatable bonds is 4. The summed E-state index contributed by atoms with van der Waals surface area (Å²) < 4.78 is 5.23. The molecule has 4 rings (SSSR count). The van der Waals surface area contributed by atoms with Crippen molar-refractivity contribution in [3.63, 3.8) is 0 Å². The number of benzene rings is 2. The van der Waals surface area contributed by atoms with Gasteiger partial charge in [-0.1, -0.05) is 41.9 Å². The molecule has 0 fully saturated rings. The number of nitrogens with zero attached hydrogens (tertiary/aromatic N) is 3. The smallest absolute Gasteiger partial charge is 0.339 e. The minimum atomic E-state index is -0.650. The minimum absolute atomic E-state index is 0.333. The highest BCUT2D eigenvalue weighted by Gasteiger charge is 2.41. The molecular formula is C21H21ClN4O2. The quantitative estimate of drug-likeness (QED) is 0.798. The third-order valence-corrected chi connectivity index (χ3v) is 5.18. The molecule has 0 radical (unpaired) electrons. The van der Waals surface area contributed by atoms with Crippen LogP contribution in [0.15, 0.2) is 58.5 Å². The number of nitrogens with one attached hydrogen (secondary N) is 1. The Hall–Kier alpha value is -2.86. The molecule has 0 amide bonds. The number of carbonyl (C=O) groups is 1. The lowest BCUT2D eigenvalue weighted by Crippen LogP contribution is -2.43. The highest BCUT2D eigenvalue weighted by Crippen LogP contribution is 2.32. The third kappa shape index (κ3) is 3.60. The van der Waals surface area contributed by atoms with Crippen LogP contribution in [0.5, 0.6) is 0 Å².